The fourth-order valence-electron chi connectivity index (χ4n) is 1.93. The lowest BCUT2D eigenvalue weighted by atomic mass is 10.1. The normalized spacial score (nSPS) is 13.0. The van der Waals surface area contributed by atoms with Crippen LogP contribution in [-0.2, 0) is 0 Å². The molecule has 5 heteroatoms. The van der Waals surface area contributed by atoms with Gasteiger partial charge in [0.1, 0.15) is 17.7 Å². The molecule has 4 N–H and O–H groups in total. The third-order valence-corrected chi connectivity index (χ3v) is 2.91. The van der Waals surface area contributed by atoms with E-state index in [1.807, 2.05) is 24.3 Å². The number of imidazole rings is 1. The van der Waals surface area contributed by atoms with Crippen molar-refractivity contribution in [2.45, 2.75) is 6.04 Å². The Morgan fingerprint density at radius 1 is 1.39 bits per heavy atom. The predicted octanol–water partition coefficient (Wildman–Crippen LogP) is 1.81. The van der Waals surface area contributed by atoms with Crippen LogP contribution in [-0.4, -0.2) is 21.7 Å². The number of nitrogens with one attached hydrogen (secondary N) is 1. The maximum atomic E-state index is 9.00. The molecule has 92 valence electrons. The van der Waals surface area contributed by atoms with Crippen LogP contribution < -0.4 is 5.73 Å². The second kappa shape index (κ2) is 4.29. The average Bonchev–Trinajstić information content (AvgIpc) is 3.03. The van der Waals surface area contributed by atoms with E-state index in [2.05, 4.69) is 9.97 Å². The fraction of sp³-hybridized carbons (Fsp3) is 0.154. The highest BCUT2D eigenvalue weighted by Gasteiger charge is 2.13. The maximum Gasteiger partial charge on any atom is 0.134 e. The molecule has 2 aromatic heterocycles. The first-order valence-electron chi connectivity index (χ1n) is 5.67. The van der Waals surface area contributed by atoms with E-state index in [-0.39, 0.29) is 6.61 Å². The minimum absolute atomic E-state index is 0.140. The summed E-state index contributed by atoms with van der Waals surface area (Å²) < 4.78 is 5.47. The van der Waals surface area contributed by atoms with Crippen molar-refractivity contribution in [3.8, 4) is 11.3 Å². The van der Waals surface area contributed by atoms with Crippen molar-refractivity contribution in [3.63, 3.8) is 0 Å². The van der Waals surface area contributed by atoms with Gasteiger partial charge in [0.25, 0.3) is 0 Å². The van der Waals surface area contributed by atoms with Crippen molar-refractivity contribution in [2.24, 2.45) is 5.73 Å². The molecule has 1 unspecified atom stereocenters. The Balaban J connectivity index is 2.07. The van der Waals surface area contributed by atoms with Crippen LogP contribution in [0.15, 0.2) is 41.1 Å². The number of rotatable bonds is 3. The molecule has 3 rings (SSSR count). The van der Waals surface area contributed by atoms with Crippen molar-refractivity contribution in [1.29, 1.82) is 0 Å². The number of nitrogens with zero attached hydrogens (tertiary/aromatic N) is 1. The van der Waals surface area contributed by atoms with Crippen molar-refractivity contribution in [1.82, 2.24) is 9.97 Å². The largest absolute Gasteiger partial charge is 0.464 e. The molecule has 1 atom stereocenters. The molecule has 1 aromatic carbocycles. The number of aromatic nitrogens is 2. The first-order chi connectivity index (χ1) is 8.79. The van der Waals surface area contributed by atoms with Crippen LogP contribution >= 0.6 is 0 Å². The van der Waals surface area contributed by atoms with Gasteiger partial charge in [0.05, 0.1) is 24.5 Å². The molecule has 0 saturated carbocycles. The number of fused-ring (bicyclic) bond motifs is 1. The highest BCUT2D eigenvalue weighted by molar-refractivity contribution is 5.92. The third-order valence-electron chi connectivity index (χ3n) is 2.91. The number of H-pyrrole nitrogens is 1. The second-order valence-electron chi connectivity index (χ2n) is 4.12. The van der Waals surface area contributed by atoms with E-state index >= 15 is 0 Å². The summed E-state index contributed by atoms with van der Waals surface area (Å²) in [5.41, 5.74) is 8.31. The summed E-state index contributed by atoms with van der Waals surface area (Å²) in [4.78, 5) is 7.27. The summed E-state index contributed by atoms with van der Waals surface area (Å²) >= 11 is 0. The fourth-order valence-corrected chi connectivity index (χ4v) is 1.93. The third kappa shape index (κ3) is 1.70. The van der Waals surface area contributed by atoms with Crippen molar-refractivity contribution < 1.29 is 9.52 Å². The quantitative estimate of drug-likeness (QED) is 0.654. The molecule has 0 fully saturated rings. The average molecular weight is 243 g/mol. The Hall–Kier alpha value is -2.11. The summed E-state index contributed by atoms with van der Waals surface area (Å²) in [6.45, 7) is -0.140. The van der Waals surface area contributed by atoms with Crippen molar-refractivity contribution in [2.75, 3.05) is 6.61 Å². The van der Waals surface area contributed by atoms with Crippen LogP contribution in [0.3, 0.4) is 0 Å². The zero-order chi connectivity index (χ0) is 12.5. The standard InChI is InChI=1S/C13H13N3O2/c14-10(6-17)13-15-5-11(16-13)9-7-18-12-4-2-1-3-8(9)12/h1-5,7,10,17H,6,14H2,(H,15,16). The molecule has 0 amide bonds. The van der Waals surface area contributed by atoms with E-state index in [0.29, 0.717) is 5.82 Å². The Labute approximate surface area is 103 Å². The van der Waals surface area contributed by atoms with Crippen LogP contribution in [0.2, 0.25) is 0 Å². The van der Waals surface area contributed by atoms with Gasteiger partial charge >= 0.3 is 0 Å². The summed E-state index contributed by atoms with van der Waals surface area (Å²) in [6.07, 6.45) is 3.38. The molecule has 0 radical (unpaired) electrons. The maximum absolute atomic E-state index is 9.00. The van der Waals surface area contributed by atoms with Gasteiger partial charge in [-0.15, -0.1) is 0 Å². The van der Waals surface area contributed by atoms with E-state index in [0.717, 1.165) is 22.2 Å². The number of nitrogens with two attached hydrogens (primary N) is 1. The van der Waals surface area contributed by atoms with Crippen molar-refractivity contribution in [3.05, 3.63) is 42.5 Å². The number of aromatic amines is 1. The number of benzene rings is 1. The van der Waals surface area contributed by atoms with E-state index < -0.39 is 6.04 Å². The molecule has 2 heterocycles. The van der Waals surface area contributed by atoms with Gasteiger partial charge in [0.2, 0.25) is 0 Å². The van der Waals surface area contributed by atoms with Crippen LogP contribution in [0.4, 0.5) is 0 Å². The van der Waals surface area contributed by atoms with Gasteiger partial charge < -0.3 is 20.2 Å². The molecular weight excluding hydrogens is 230 g/mol. The van der Waals surface area contributed by atoms with Crippen LogP contribution in [0.25, 0.3) is 22.2 Å². The van der Waals surface area contributed by atoms with Crippen LogP contribution in [0, 0.1) is 0 Å². The number of aliphatic hydroxyl groups excluding tert-OH is 1. The Morgan fingerprint density at radius 2 is 2.22 bits per heavy atom. The molecule has 18 heavy (non-hydrogen) atoms. The lowest BCUT2D eigenvalue weighted by molar-refractivity contribution is 0.264. The molecule has 5 nitrogen and oxygen atoms in total. The lowest BCUT2D eigenvalue weighted by Crippen LogP contribution is -2.15. The summed E-state index contributed by atoms with van der Waals surface area (Å²) in [7, 11) is 0. The van der Waals surface area contributed by atoms with Crippen LogP contribution in [0.1, 0.15) is 11.9 Å². The van der Waals surface area contributed by atoms with Gasteiger partial charge in [-0.1, -0.05) is 18.2 Å². The summed E-state index contributed by atoms with van der Waals surface area (Å²) in [5, 5.41) is 10.0. The molecule has 0 aliphatic heterocycles. The lowest BCUT2D eigenvalue weighted by Gasteiger charge is -2.02. The zero-order valence-corrected chi connectivity index (χ0v) is 9.63. The Kier molecular flexibility index (Phi) is 2.62. The second-order valence-corrected chi connectivity index (χ2v) is 4.12. The Bertz CT molecular complexity index is 671. The van der Waals surface area contributed by atoms with E-state index in [1.54, 1.807) is 12.5 Å². The smallest absolute Gasteiger partial charge is 0.134 e. The number of hydrogen-bond donors (Lipinski definition) is 3. The molecule has 0 aliphatic rings. The zero-order valence-electron chi connectivity index (χ0n) is 9.63. The summed E-state index contributed by atoms with van der Waals surface area (Å²) in [6, 6.07) is 7.29. The predicted molar refractivity (Wildman–Crippen MR) is 67.8 cm³/mol. The summed E-state index contributed by atoms with van der Waals surface area (Å²) in [5.74, 6) is 0.567. The first kappa shape index (κ1) is 11.0. The number of hydrogen-bond acceptors (Lipinski definition) is 4. The van der Waals surface area contributed by atoms with Gasteiger partial charge in [-0.2, -0.15) is 0 Å². The number of furan rings is 1. The van der Waals surface area contributed by atoms with Gasteiger partial charge in [0.15, 0.2) is 0 Å². The molecule has 3 aromatic rings. The first-order valence-corrected chi connectivity index (χ1v) is 5.67. The van der Waals surface area contributed by atoms with Crippen molar-refractivity contribution >= 4 is 11.0 Å². The monoisotopic (exact) mass is 243 g/mol. The van der Waals surface area contributed by atoms with Crippen LogP contribution in [0.5, 0.6) is 0 Å². The van der Waals surface area contributed by atoms with E-state index in [1.165, 1.54) is 0 Å². The van der Waals surface area contributed by atoms with E-state index in [9.17, 15) is 0 Å². The minimum Gasteiger partial charge on any atom is -0.464 e. The minimum atomic E-state index is -0.489. The van der Waals surface area contributed by atoms with E-state index in [4.69, 9.17) is 15.3 Å². The molecule has 0 spiro atoms. The number of para-hydroxylation sites is 1. The molecule has 0 aliphatic carbocycles. The highest BCUT2D eigenvalue weighted by atomic mass is 16.3. The topological polar surface area (TPSA) is 88.1 Å². The van der Waals surface area contributed by atoms with Gasteiger partial charge in [-0.3, -0.25) is 0 Å². The van der Waals surface area contributed by atoms with Gasteiger partial charge in [-0.05, 0) is 6.07 Å². The SMILES string of the molecule is NC(CO)c1ncc(-c2coc3ccccc23)[nH]1. The Morgan fingerprint density at radius 3 is 3.06 bits per heavy atom. The van der Waals surface area contributed by atoms with Gasteiger partial charge in [0, 0.05) is 10.9 Å². The molecule has 0 saturated heterocycles. The highest BCUT2D eigenvalue weighted by Crippen LogP contribution is 2.29. The van der Waals surface area contributed by atoms with Gasteiger partial charge in [-0.25, -0.2) is 4.98 Å². The number of aliphatic hydroxyl groups is 1. The molecule has 0 bridgehead atoms. The molecular formula is C13H13N3O2.